The lowest BCUT2D eigenvalue weighted by Crippen LogP contribution is -2.16. The molecule has 0 bridgehead atoms. The third-order valence-electron chi connectivity index (χ3n) is 7.31. The lowest BCUT2D eigenvalue weighted by Gasteiger charge is -2.12. The van der Waals surface area contributed by atoms with Gasteiger partial charge in [0.15, 0.2) is 0 Å². The summed E-state index contributed by atoms with van der Waals surface area (Å²) in [7, 11) is 0. The van der Waals surface area contributed by atoms with Crippen LogP contribution in [0.2, 0.25) is 5.02 Å². The number of amides is 1. The number of fused-ring (bicyclic) bond motifs is 1. The largest absolute Gasteiger partial charge is 0.493 e. The number of nitrogens with zero attached hydrogens (tertiary/aromatic N) is 4. The van der Waals surface area contributed by atoms with Crippen molar-refractivity contribution in [3.8, 4) is 5.75 Å². The maximum absolute atomic E-state index is 13.1. The first-order chi connectivity index (χ1) is 20.0. The highest BCUT2D eigenvalue weighted by atomic mass is 35.5. The average molecular weight is 575 g/mol. The molecule has 2 aliphatic carbocycles. The van der Waals surface area contributed by atoms with Crippen LogP contribution < -0.4 is 15.4 Å². The summed E-state index contributed by atoms with van der Waals surface area (Å²) in [6, 6.07) is 11.2. The Labute approximate surface area is 242 Å². The zero-order chi connectivity index (χ0) is 28.3. The number of hydrogen-bond acceptors (Lipinski definition) is 8. The maximum atomic E-state index is 13.1. The fourth-order valence-corrected chi connectivity index (χ4v) is 5.15. The van der Waals surface area contributed by atoms with Crippen LogP contribution >= 0.6 is 11.6 Å². The normalized spacial score (nSPS) is 17.7. The quantitative estimate of drug-likeness (QED) is 0.218. The van der Waals surface area contributed by atoms with E-state index < -0.39 is 0 Å². The van der Waals surface area contributed by atoms with Crippen LogP contribution in [0.15, 0.2) is 55.1 Å². The molecule has 11 heteroatoms. The van der Waals surface area contributed by atoms with E-state index in [0.29, 0.717) is 47.9 Å². The lowest BCUT2D eigenvalue weighted by atomic mass is 10.1. The van der Waals surface area contributed by atoms with E-state index in [2.05, 4.69) is 48.3 Å². The number of esters is 1. The number of pyridine rings is 1. The number of carbonyl (C=O) groups excluding carboxylic acids is 2. The highest BCUT2D eigenvalue weighted by Gasteiger charge is 2.45. The maximum Gasteiger partial charge on any atom is 0.309 e. The molecule has 0 aliphatic heterocycles. The molecule has 6 rings (SSSR count). The number of nitrogens with one attached hydrogen (secondary N) is 2. The number of aromatic nitrogens is 4. The van der Waals surface area contributed by atoms with Crippen LogP contribution in [0.5, 0.6) is 5.75 Å². The molecule has 2 fully saturated rings. The number of imidazole rings is 1. The second-order valence-electron chi connectivity index (χ2n) is 10.4. The van der Waals surface area contributed by atoms with E-state index in [4.69, 9.17) is 21.1 Å². The second-order valence-corrected chi connectivity index (χ2v) is 10.8. The van der Waals surface area contributed by atoms with Gasteiger partial charge in [0, 0.05) is 29.4 Å². The summed E-state index contributed by atoms with van der Waals surface area (Å²) in [5, 5.41) is 6.74. The Bertz CT molecular complexity index is 1590. The molecule has 0 spiro atoms. The molecule has 3 heterocycles. The molecular formula is C30H31ClN6O4. The Balaban J connectivity index is 1.04. The second kappa shape index (κ2) is 11.7. The number of hydrogen-bond donors (Lipinski definition) is 2. The fourth-order valence-electron chi connectivity index (χ4n) is 4.97. The first-order valence-corrected chi connectivity index (χ1v) is 14.3. The molecule has 41 heavy (non-hydrogen) atoms. The third kappa shape index (κ3) is 6.59. The van der Waals surface area contributed by atoms with Crippen molar-refractivity contribution in [2.24, 2.45) is 5.92 Å². The van der Waals surface area contributed by atoms with Gasteiger partial charge in [0.1, 0.15) is 29.4 Å². The van der Waals surface area contributed by atoms with Crippen molar-refractivity contribution in [3.05, 3.63) is 77.0 Å². The average Bonchev–Trinajstić information content (AvgIpc) is 3.89. The molecule has 212 valence electrons. The van der Waals surface area contributed by atoms with Crippen molar-refractivity contribution >= 4 is 40.8 Å². The Morgan fingerprint density at radius 3 is 2.78 bits per heavy atom. The van der Waals surface area contributed by atoms with Gasteiger partial charge in [0.05, 0.1) is 31.9 Å². The molecule has 1 amide bonds. The smallest absolute Gasteiger partial charge is 0.309 e. The zero-order valence-corrected chi connectivity index (χ0v) is 23.4. The third-order valence-corrected chi connectivity index (χ3v) is 7.54. The Hall–Kier alpha value is -4.18. The minimum absolute atomic E-state index is 0.0406. The lowest BCUT2D eigenvalue weighted by molar-refractivity contribution is -0.143. The number of benzene rings is 1. The number of anilines is 2. The standard InChI is InChI=1S/C30H31ClN6O4/c1-2-40-29(38)9-10-41-25-7-6-20(31)11-23(25)22-12-24(22)30(39)36-27-13-26(33-17-34-27)32-14-21-16-37-15-19(18-3-4-18)5-8-28(37)35-21/h5-8,11,13,15-18,22,24H,2-4,9-10,12,14H2,1H3,(H2,32,33,34,36,39)/t22-,24+/m1/s1. The summed E-state index contributed by atoms with van der Waals surface area (Å²) in [5.74, 6) is 1.57. The molecule has 3 aromatic heterocycles. The van der Waals surface area contributed by atoms with Gasteiger partial charge in [-0.05, 0) is 73.4 Å². The molecule has 2 atom stereocenters. The van der Waals surface area contributed by atoms with Crippen molar-refractivity contribution in [2.45, 2.75) is 51.0 Å². The van der Waals surface area contributed by atoms with Gasteiger partial charge in [-0.25, -0.2) is 15.0 Å². The number of halogens is 1. The molecule has 1 aromatic carbocycles. The van der Waals surface area contributed by atoms with Gasteiger partial charge in [-0.2, -0.15) is 0 Å². The Morgan fingerprint density at radius 1 is 1.10 bits per heavy atom. The van der Waals surface area contributed by atoms with Gasteiger partial charge in [-0.3, -0.25) is 9.59 Å². The summed E-state index contributed by atoms with van der Waals surface area (Å²) in [4.78, 5) is 37.9. The Kier molecular flexibility index (Phi) is 7.74. The highest BCUT2D eigenvalue weighted by Crippen LogP contribution is 2.51. The van der Waals surface area contributed by atoms with E-state index in [1.165, 1.54) is 24.7 Å². The van der Waals surface area contributed by atoms with Crippen LogP contribution in [-0.4, -0.2) is 44.4 Å². The van der Waals surface area contributed by atoms with Crippen molar-refractivity contribution in [1.82, 2.24) is 19.4 Å². The molecule has 0 radical (unpaired) electrons. The first kappa shape index (κ1) is 27.0. The SMILES string of the molecule is CCOC(=O)CCOc1ccc(Cl)cc1[C@H]1C[C@@H]1C(=O)Nc1cc(NCc2cn3cc(C4CC4)ccc3n2)ncn1. The summed E-state index contributed by atoms with van der Waals surface area (Å²) >= 11 is 6.25. The summed E-state index contributed by atoms with van der Waals surface area (Å²) < 4.78 is 12.9. The van der Waals surface area contributed by atoms with Gasteiger partial charge < -0.3 is 24.5 Å². The van der Waals surface area contributed by atoms with E-state index in [9.17, 15) is 9.59 Å². The summed E-state index contributed by atoms with van der Waals surface area (Å²) in [6.45, 7) is 2.77. The summed E-state index contributed by atoms with van der Waals surface area (Å²) in [6.07, 6.45) is 8.93. The van der Waals surface area contributed by atoms with E-state index in [1.54, 1.807) is 25.1 Å². The van der Waals surface area contributed by atoms with E-state index in [1.807, 2.05) is 12.3 Å². The fraction of sp³-hybridized carbons (Fsp3) is 0.367. The minimum atomic E-state index is -0.314. The van der Waals surface area contributed by atoms with Gasteiger partial charge in [-0.1, -0.05) is 17.7 Å². The highest BCUT2D eigenvalue weighted by molar-refractivity contribution is 6.30. The topological polar surface area (TPSA) is 120 Å². The van der Waals surface area contributed by atoms with Crippen molar-refractivity contribution in [2.75, 3.05) is 23.8 Å². The Morgan fingerprint density at radius 2 is 1.95 bits per heavy atom. The zero-order valence-electron chi connectivity index (χ0n) is 22.7. The van der Waals surface area contributed by atoms with E-state index in [0.717, 1.165) is 16.9 Å². The first-order valence-electron chi connectivity index (χ1n) is 13.9. The number of ether oxygens (including phenoxy) is 2. The predicted octanol–water partition coefficient (Wildman–Crippen LogP) is 5.34. The van der Waals surface area contributed by atoms with Crippen molar-refractivity contribution in [3.63, 3.8) is 0 Å². The van der Waals surface area contributed by atoms with Gasteiger partial charge >= 0.3 is 5.97 Å². The monoisotopic (exact) mass is 574 g/mol. The molecule has 2 aliphatic rings. The predicted molar refractivity (Wildman–Crippen MR) is 154 cm³/mol. The van der Waals surface area contributed by atoms with E-state index in [-0.39, 0.29) is 36.7 Å². The molecule has 2 N–H and O–H groups in total. The molecular weight excluding hydrogens is 544 g/mol. The minimum Gasteiger partial charge on any atom is -0.493 e. The van der Waals surface area contributed by atoms with Crippen LogP contribution in [0.4, 0.5) is 11.6 Å². The van der Waals surface area contributed by atoms with E-state index >= 15 is 0 Å². The molecule has 4 aromatic rings. The van der Waals surface area contributed by atoms with Crippen LogP contribution in [0, 0.1) is 5.92 Å². The van der Waals surface area contributed by atoms with Crippen molar-refractivity contribution in [1.29, 1.82) is 0 Å². The van der Waals surface area contributed by atoms with Crippen LogP contribution in [0.1, 0.15) is 61.3 Å². The number of rotatable bonds is 12. The van der Waals surface area contributed by atoms with Crippen molar-refractivity contribution < 1.29 is 19.1 Å². The van der Waals surface area contributed by atoms with Gasteiger partial charge in [-0.15, -0.1) is 0 Å². The molecule has 2 saturated carbocycles. The summed E-state index contributed by atoms with van der Waals surface area (Å²) in [5.41, 5.74) is 4.01. The number of carbonyl (C=O) groups is 2. The van der Waals surface area contributed by atoms with Gasteiger partial charge in [0.2, 0.25) is 5.91 Å². The molecule has 0 unspecified atom stereocenters. The van der Waals surface area contributed by atoms with Crippen LogP contribution in [-0.2, 0) is 20.9 Å². The molecule has 0 saturated heterocycles. The van der Waals surface area contributed by atoms with Crippen LogP contribution in [0.3, 0.4) is 0 Å². The molecule has 10 nitrogen and oxygen atoms in total. The van der Waals surface area contributed by atoms with Gasteiger partial charge in [0.25, 0.3) is 0 Å². The van der Waals surface area contributed by atoms with Crippen LogP contribution in [0.25, 0.3) is 5.65 Å².